The zero-order valence-corrected chi connectivity index (χ0v) is 18.4. The summed E-state index contributed by atoms with van der Waals surface area (Å²) in [6.07, 6.45) is -2.36. The van der Waals surface area contributed by atoms with Crippen molar-refractivity contribution >= 4 is 38.3 Å². The van der Waals surface area contributed by atoms with Crippen molar-refractivity contribution in [3.8, 4) is 11.3 Å². The molecule has 1 aromatic carbocycles. The molecule has 0 unspecified atom stereocenters. The first-order valence-corrected chi connectivity index (χ1v) is 11.6. The number of fused-ring (bicyclic) bond motifs is 2. The second-order valence-electron chi connectivity index (χ2n) is 6.90. The molecule has 0 bridgehead atoms. The average Bonchev–Trinajstić information content (AvgIpc) is 3.26. The normalized spacial score (nSPS) is 13.3. The molecule has 176 valence electrons. The molecule has 0 N–H and O–H groups in total. The van der Waals surface area contributed by atoms with Crippen molar-refractivity contribution in [2.75, 3.05) is 5.75 Å². The summed E-state index contributed by atoms with van der Waals surface area (Å²) in [5.74, 6) is -1.54. The fraction of sp³-hybridized carbons (Fsp3) is 0.278. The van der Waals surface area contributed by atoms with Gasteiger partial charge in [-0.1, -0.05) is 6.92 Å². The highest BCUT2D eigenvalue weighted by Gasteiger charge is 2.37. The summed E-state index contributed by atoms with van der Waals surface area (Å²) in [5, 5.41) is -0.372. The Morgan fingerprint density at radius 3 is 2.36 bits per heavy atom. The molecule has 0 aliphatic carbocycles. The molecule has 3 aromatic heterocycles. The van der Waals surface area contributed by atoms with E-state index in [-0.39, 0.29) is 43.6 Å². The van der Waals surface area contributed by atoms with Gasteiger partial charge >= 0.3 is 11.7 Å². The highest BCUT2D eigenvalue weighted by Crippen LogP contribution is 2.38. The van der Waals surface area contributed by atoms with Crippen LogP contribution >= 0.6 is 11.8 Å². The maximum absolute atomic E-state index is 13.3. The third kappa shape index (κ3) is 4.38. The van der Waals surface area contributed by atoms with Crippen molar-refractivity contribution in [1.29, 1.82) is 0 Å². The molecule has 15 heteroatoms. The molecule has 3 heterocycles. The maximum Gasteiger partial charge on any atom is 0.449 e. The molecule has 0 amide bonds. The number of aromatic nitrogens is 5. The van der Waals surface area contributed by atoms with E-state index >= 15 is 0 Å². The summed E-state index contributed by atoms with van der Waals surface area (Å²) >= 11 is -0.439. The molecule has 0 aliphatic heterocycles. The highest BCUT2D eigenvalue weighted by atomic mass is 32.2. The maximum atomic E-state index is 13.3. The van der Waals surface area contributed by atoms with Crippen molar-refractivity contribution in [2.24, 2.45) is 7.05 Å². The minimum Gasteiger partial charge on any atom is -0.323 e. The summed E-state index contributed by atoms with van der Waals surface area (Å²) in [4.78, 5) is 11.2. The van der Waals surface area contributed by atoms with Gasteiger partial charge in [0, 0.05) is 36.6 Å². The van der Waals surface area contributed by atoms with Crippen molar-refractivity contribution in [3.63, 3.8) is 0 Å². The number of aryl methyl sites for hydroxylation is 1. The Morgan fingerprint density at radius 1 is 1.06 bits per heavy atom. The lowest BCUT2D eigenvalue weighted by Crippen LogP contribution is -2.12. The number of sulfone groups is 1. The molecule has 0 fully saturated rings. The lowest BCUT2D eigenvalue weighted by molar-refractivity contribution is -0.146. The molecule has 0 saturated heterocycles. The number of alkyl halides is 6. The number of imidazole rings is 2. The molecule has 0 aliphatic rings. The average molecular weight is 509 g/mol. The second-order valence-corrected chi connectivity index (χ2v) is 10.2. The molecule has 0 saturated carbocycles. The zero-order valence-electron chi connectivity index (χ0n) is 16.7. The van der Waals surface area contributed by atoms with Gasteiger partial charge in [0.1, 0.15) is 17.0 Å². The number of hydrogen-bond acceptors (Lipinski definition) is 6. The zero-order chi connectivity index (χ0) is 24.3. The Bertz CT molecular complexity index is 1490. The Morgan fingerprint density at radius 2 is 1.76 bits per heavy atom. The largest absolute Gasteiger partial charge is 0.449 e. The smallest absolute Gasteiger partial charge is 0.323 e. The van der Waals surface area contributed by atoms with E-state index in [1.165, 1.54) is 23.6 Å². The number of rotatable bonds is 4. The van der Waals surface area contributed by atoms with E-state index in [0.29, 0.717) is 0 Å². The molecule has 7 nitrogen and oxygen atoms in total. The van der Waals surface area contributed by atoms with Gasteiger partial charge in [-0.15, -0.1) is 0 Å². The third-order valence-corrected chi connectivity index (χ3v) is 7.20. The molecule has 4 rings (SSSR count). The minimum atomic E-state index is -4.76. The molecule has 0 spiro atoms. The van der Waals surface area contributed by atoms with Crippen molar-refractivity contribution < 1.29 is 34.8 Å². The van der Waals surface area contributed by atoms with E-state index in [0.717, 1.165) is 30.1 Å². The molecule has 0 radical (unpaired) electrons. The van der Waals surface area contributed by atoms with Crippen LogP contribution in [-0.2, 0) is 23.1 Å². The lowest BCUT2D eigenvalue weighted by atomic mass is 10.1. The fourth-order valence-electron chi connectivity index (χ4n) is 3.26. The molecule has 33 heavy (non-hydrogen) atoms. The van der Waals surface area contributed by atoms with Crippen molar-refractivity contribution in [3.05, 3.63) is 36.5 Å². The molecule has 4 aromatic rings. The molecule has 0 atom stereocenters. The Hall–Kier alpha value is -2.81. The number of hydrogen-bond donors (Lipinski definition) is 0. The summed E-state index contributed by atoms with van der Waals surface area (Å²) in [6.45, 7) is 1.38. The number of benzene rings is 1. The highest BCUT2D eigenvalue weighted by molar-refractivity contribution is 8.00. The van der Waals surface area contributed by atoms with Crippen molar-refractivity contribution in [1.82, 2.24) is 23.9 Å². The number of nitrogens with zero attached hydrogens (tertiary/aromatic N) is 5. The Kier molecular flexibility index (Phi) is 5.39. The van der Waals surface area contributed by atoms with Gasteiger partial charge in [0.25, 0.3) is 0 Å². The standard InChI is InChI=1S/C18H13F6N5O2S2/c1-3-33(30,31)13-5-12-10(27-16(28(12)2)17(19,20)21)4-9(13)11-7-29-8-25-15(6-14(29)26-11)32-18(22,23)24/h4-8H,3H2,1-2H3. The van der Waals surface area contributed by atoms with E-state index in [1.807, 2.05) is 0 Å². The van der Waals surface area contributed by atoms with Crippen LogP contribution in [0.3, 0.4) is 0 Å². The van der Waals surface area contributed by atoms with Crippen LogP contribution in [0.2, 0.25) is 0 Å². The van der Waals surface area contributed by atoms with Crippen molar-refractivity contribution in [2.45, 2.75) is 28.5 Å². The first-order chi connectivity index (χ1) is 15.2. The lowest BCUT2D eigenvalue weighted by Gasteiger charge is -2.09. The first-order valence-electron chi connectivity index (χ1n) is 9.11. The van der Waals surface area contributed by atoms with E-state index < -0.39 is 39.1 Å². The number of halogens is 6. The Labute approximate surface area is 186 Å². The summed E-state index contributed by atoms with van der Waals surface area (Å²) in [7, 11) is -2.80. The first kappa shape index (κ1) is 23.4. The van der Waals surface area contributed by atoms with Gasteiger partial charge in [-0.05, 0) is 12.1 Å². The van der Waals surface area contributed by atoms with Crippen LogP contribution in [0, 0.1) is 0 Å². The van der Waals surface area contributed by atoms with E-state index in [9.17, 15) is 34.8 Å². The van der Waals surface area contributed by atoms with Crippen LogP contribution in [0.25, 0.3) is 27.9 Å². The predicted octanol–water partition coefficient (Wildman–Crippen LogP) is 4.71. The molecular weight excluding hydrogens is 496 g/mol. The second kappa shape index (κ2) is 7.62. The monoisotopic (exact) mass is 509 g/mol. The van der Waals surface area contributed by atoms with Crippen LogP contribution in [0.15, 0.2) is 40.6 Å². The van der Waals surface area contributed by atoms with Gasteiger partial charge in [-0.2, -0.15) is 26.3 Å². The number of thioether (sulfide) groups is 1. The topological polar surface area (TPSA) is 82.2 Å². The Balaban J connectivity index is 1.95. The summed E-state index contributed by atoms with van der Waals surface area (Å²) in [5.41, 5.74) is -4.68. The minimum absolute atomic E-state index is 0.0232. The van der Waals surface area contributed by atoms with Gasteiger partial charge in [0.15, 0.2) is 9.84 Å². The van der Waals surface area contributed by atoms with Gasteiger partial charge in [-0.3, -0.25) is 4.40 Å². The fourth-order valence-corrected chi connectivity index (χ4v) is 4.87. The SMILES string of the molecule is CCS(=O)(=O)c1cc2c(cc1-c1cn3cnc(SC(F)(F)F)cc3n1)nc(C(F)(F)F)n2C. The van der Waals surface area contributed by atoms with Gasteiger partial charge < -0.3 is 4.57 Å². The predicted molar refractivity (Wildman–Crippen MR) is 107 cm³/mol. The molecular formula is C18H13F6N5O2S2. The van der Waals surface area contributed by atoms with Crippen LogP contribution < -0.4 is 0 Å². The van der Waals surface area contributed by atoms with Gasteiger partial charge in [0.05, 0.1) is 27.4 Å². The summed E-state index contributed by atoms with van der Waals surface area (Å²) < 4.78 is 105. The van der Waals surface area contributed by atoms with Crippen LogP contribution in [0.4, 0.5) is 26.3 Å². The van der Waals surface area contributed by atoms with Crippen LogP contribution in [-0.4, -0.2) is 43.6 Å². The third-order valence-electron chi connectivity index (χ3n) is 4.77. The van der Waals surface area contributed by atoms with E-state index in [4.69, 9.17) is 0 Å². The van der Waals surface area contributed by atoms with Crippen LogP contribution in [0.1, 0.15) is 12.7 Å². The van der Waals surface area contributed by atoms with Gasteiger partial charge in [0.2, 0.25) is 5.82 Å². The summed E-state index contributed by atoms with van der Waals surface area (Å²) in [6, 6.07) is 3.34. The van der Waals surface area contributed by atoms with E-state index in [1.54, 1.807) is 0 Å². The van der Waals surface area contributed by atoms with E-state index in [2.05, 4.69) is 15.0 Å². The quantitative estimate of drug-likeness (QED) is 0.225. The van der Waals surface area contributed by atoms with Crippen LogP contribution in [0.5, 0.6) is 0 Å². The van der Waals surface area contributed by atoms with Gasteiger partial charge in [-0.25, -0.2) is 23.4 Å².